The number of benzene rings is 7. The number of hydrogen-bond donors (Lipinski definition) is 0. The zero-order valence-corrected chi connectivity index (χ0v) is 21.6. The zero-order chi connectivity index (χ0) is 26.2. The molecule has 0 bridgehead atoms. The number of nitrogens with zero attached hydrogens (tertiary/aromatic N) is 1. The lowest BCUT2D eigenvalue weighted by Gasteiger charge is -2.12. The lowest BCUT2D eigenvalue weighted by atomic mass is 9.98. The smallest absolute Gasteiger partial charge is 0.143 e. The molecule has 0 aliphatic rings. The van der Waals surface area contributed by atoms with Crippen molar-refractivity contribution in [1.82, 2.24) is 4.57 Å². The van der Waals surface area contributed by atoms with E-state index in [2.05, 4.69) is 132 Å². The number of aromatic nitrogens is 1. The van der Waals surface area contributed by atoms with Gasteiger partial charge in [0.1, 0.15) is 11.2 Å². The molecule has 0 amide bonds. The Labute approximate surface area is 230 Å². The summed E-state index contributed by atoms with van der Waals surface area (Å²) in [5.74, 6) is 0. The summed E-state index contributed by atoms with van der Waals surface area (Å²) in [5, 5.41) is 9.67. The van der Waals surface area contributed by atoms with Crippen molar-refractivity contribution in [2.24, 2.45) is 0 Å². The van der Waals surface area contributed by atoms with Gasteiger partial charge in [-0.3, -0.25) is 0 Å². The molecule has 2 nitrogen and oxygen atoms in total. The predicted octanol–water partition coefficient (Wildman–Crippen LogP) is 10.7. The highest BCUT2D eigenvalue weighted by Crippen LogP contribution is 2.41. The van der Waals surface area contributed by atoms with Gasteiger partial charge in [0.2, 0.25) is 0 Å². The molecule has 7 aromatic carbocycles. The van der Waals surface area contributed by atoms with Crippen molar-refractivity contribution in [3.63, 3.8) is 0 Å². The summed E-state index contributed by atoms with van der Waals surface area (Å²) in [6.45, 7) is 0. The monoisotopic (exact) mass is 509 g/mol. The minimum Gasteiger partial charge on any atom is -0.455 e. The summed E-state index contributed by atoms with van der Waals surface area (Å²) >= 11 is 0. The minimum absolute atomic E-state index is 0.926. The van der Waals surface area contributed by atoms with Crippen LogP contribution in [0.15, 0.2) is 144 Å². The van der Waals surface area contributed by atoms with Gasteiger partial charge in [-0.2, -0.15) is 0 Å². The van der Waals surface area contributed by atoms with E-state index >= 15 is 0 Å². The van der Waals surface area contributed by atoms with Gasteiger partial charge < -0.3 is 8.98 Å². The Morgan fingerprint density at radius 1 is 0.425 bits per heavy atom. The van der Waals surface area contributed by atoms with E-state index in [4.69, 9.17) is 4.42 Å². The average Bonchev–Trinajstić information content (AvgIpc) is 3.57. The molecule has 2 heterocycles. The topological polar surface area (TPSA) is 18.1 Å². The Kier molecular flexibility index (Phi) is 4.36. The van der Waals surface area contributed by atoms with Crippen LogP contribution in [0.1, 0.15) is 0 Å². The van der Waals surface area contributed by atoms with Gasteiger partial charge in [0, 0.05) is 38.0 Å². The van der Waals surface area contributed by atoms with Crippen molar-refractivity contribution >= 4 is 65.3 Å². The second-order valence-electron chi connectivity index (χ2n) is 10.5. The first-order valence-electron chi connectivity index (χ1n) is 13.7. The normalized spacial score (nSPS) is 12.0. The fourth-order valence-corrected chi connectivity index (χ4v) is 6.58. The van der Waals surface area contributed by atoms with Gasteiger partial charge in [-0.25, -0.2) is 0 Å². The van der Waals surface area contributed by atoms with E-state index in [1.165, 1.54) is 49.1 Å². The molecule has 2 aromatic heterocycles. The summed E-state index contributed by atoms with van der Waals surface area (Å²) in [7, 11) is 0. The summed E-state index contributed by atoms with van der Waals surface area (Å²) in [4.78, 5) is 0. The van der Waals surface area contributed by atoms with E-state index < -0.39 is 0 Å². The van der Waals surface area contributed by atoms with Gasteiger partial charge in [0.25, 0.3) is 0 Å². The lowest BCUT2D eigenvalue weighted by molar-refractivity contribution is 0.672. The third kappa shape index (κ3) is 2.93. The van der Waals surface area contributed by atoms with Crippen molar-refractivity contribution in [3.8, 4) is 16.8 Å². The number of rotatable bonds is 2. The molecule has 0 spiro atoms. The maximum absolute atomic E-state index is 6.42. The zero-order valence-electron chi connectivity index (χ0n) is 21.6. The molecule has 0 saturated heterocycles. The molecule has 0 radical (unpaired) electrons. The number of fused-ring (bicyclic) bond motifs is 10. The summed E-state index contributed by atoms with van der Waals surface area (Å²) in [6.07, 6.45) is 0. The average molecular weight is 510 g/mol. The Balaban J connectivity index is 1.32. The van der Waals surface area contributed by atoms with Crippen molar-refractivity contribution in [1.29, 1.82) is 0 Å². The van der Waals surface area contributed by atoms with Gasteiger partial charge in [0.05, 0.1) is 11.0 Å². The Morgan fingerprint density at radius 2 is 1.05 bits per heavy atom. The molecule has 186 valence electrons. The van der Waals surface area contributed by atoms with Crippen molar-refractivity contribution in [2.75, 3.05) is 0 Å². The van der Waals surface area contributed by atoms with Gasteiger partial charge in [0.15, 0.2) is 0 Å². The lowest BCUT2D eigenvalue weighted by Crippen LogP contribution is -1.94. The van der Waals surface area contributed by atoms with Crippen LogP contribution in [-0.2, 0) is 0 Å². The van der Waals surface area contributed by atoms with Crippen LogP contribution in [0.2, 0.25) is 0 Å². The molecule has 0 saturated carbocycles. The van der Waals surface area contributed by atoms with E-state index in [-0.39, 0.29) is 0 Å². The van der Waals surface area contributed by atoms with Crippen molar-refractivity contribution in [2.45, 2.75) is 0 Å². The fraction of sp³-hybridized carbons (Fsp3) is 0. The minimum atomic E-state index is 0.926. The van der Waals surface area contributed by atoms with Crippen LogP contribution in [0.4, 0.5) is 0 Å². The molecular weight excluding hydrogens is 486 g/mol. The van der Waals surface area contributed by atoms with E-state index in [1.807, 2.05) is 12.1 Å². The molecule has 9 rings (SSSR count). The van der Waals surface area contributed by atoms with Crippen molar-refractivity contribution in [3.05, 3.63) is 140 Å². The Morgan fingerprint density at radius 3 is 1.90 bits per heavy atom. The number of hydrogen-bond acceptors (Lipinski definition) is 1. The highest BCUT2D eigenvalue weighted by atomic mass is 16.3. The predicted molar refractivity (Wildman–Crippen MR) is 169 cm³/mol. The van der Waals surface area contributed by atoms with Gasteiger partial charge in [-0.1, -0.05) is 103 Å². The Bertz CT molecular complexity index is 2420. The Hall–Kier alpha value is -5.34. The SMILES string of the molecule is c1ccc2c(-c3ccc(-n4c5ccccc5c5ccc6c(ccc7c8ccccc8oc76)c54)cc3)cccc2c1. The summed E-state index contributed by atoms with van der Waals surface area (Å²) < 4.78 is 8.84. The highest BCUT2D eigenvalue weighted by molar-refractivity contribution is 6.24. The van der Waals surface area contributed by atoms with E-state index in [0.717, 1.165) is 33.0 Å². The molecule has 0 fully saturated rings. The van der Waals surface area contributed by atoms with Crippen LogP contribution in [0.25, 0.3) is 82.1 Å². The van der Waals surface area contributed by atoms with E-state index in [1.54, 1.807) is 0 Å². The molecule has 9 aromatic rings. The first-order valence-corrected chi connectivity index (χ1v) is 13.7. The maximum atomic E-state index is 6.42. The summed E-state index contributed by atoms with van der Waals surface area (Å²) in [5.41, 5.74) is 7.90. The number of para-hydroxylation sites is 2. The van der Waals surface area contributed by atoms with Crippen LogP contribution in [0.3, 0.4) is 0 Å². The van der Waals surface area contributed by atoms with Crippen molar-refractivity contribution < 1.29 is 4.42 Å². The second kappa shape index (κ2) is 8.08. The second-order valence-corrected chi connectivity index (χ2v) is 10.5. The molecule has 0 aliphatic carbocycles. The van der Waals surface area contributed by atoms with Crippen LogP contribution >= 0.6 is 0 Å². The van der Waals surface area contributed by atoms with Crippen LogP contribution in [0.5, 0.6) is 0 Å². The van der Waals surface area contributed by atoms with Crippen LogP contribution in [-0.4, -0.2) is 4.57 Å². The standard InChI is InChI=1S/C38H23NO/c1-2-10-27-24(8-1)9-7-13-28(27)25-16-18-26(19-17-25)39-35-14-5-3-11-29(35)31-20-23-34-32(37(31)39)21-22-33-30-12-4-6-15-36(30)40-38(33)34/h1-23H. The molecule has 0 aliphatic heterocycles. The van der Waals surface area contributed by atoms with Gasteiger partial charge >= 0.3 is 0 Å². The molecule has 0 unspecified atom stereocenters. The van der Waals surface area contributed by atoms with E-state index in [9.17, 15) is 0 Å². The summed E-state index contributed by atoms with van der Waals surface area (Å²) in [6, 6.07) is 50.1. The maximum Gasteiger partial charge on any atom is 0.143 e. The molecule has 2 heteroatoms. The van der Waals surface area contributed by atoms with Gasteiger partial charge in [-0.15, -0.1) is 0 Å². The molecule has 40 heavy (non-hydrogen) atoms. The fourth-order valence-electron chi connectivity index (χ4n) is 6.58. The largest absolute Gasteiger partial charge is 0.455 e. The first-order chi connectivity index (χ1) is 19.8. The van der Waals surface area contributed by atoms with Crippen LogP contribution < -0.4 is 0 Å². The number of furan rings is 1. The van der Waals surface area contributed by atoms with Crippen LogP contribution in [0, 0.1) is 0 Å². The van der Waals surface area contributed by atoms with E-state index in [0.29, 0.717) is 0 Å². The molecular formula is C38H23NO. The first kappa shape index (κ1) is 21.6. The quantitative estimate of drug-likeness (QED) is 0.227. The third-order valence-electron chi connectivity index (χ3n) is 8.40. The molecule has 0 N–H and O–H groups in total. The molecule has 0 atom stereocenters. The van der Waals surface area contributed by atoms with Gasteiger partial charge in [-0.05, 0) is 58.3 Å². The highest BCUT2D eigenvalue weighted by Gasteiger charge is 2.18. The third-order valence-corrected chi connectivity index (χ3v) is 8.40.